The maximum absolute atomic E-state index is 12.5. The molecule has 2 rings (SSSR count). The van der Waals surface area contributed by atoms with Crippen LogP contribution in [0.25, 0.3) is 0 Å². The predicted octanol–water partition coefficient (Wildman–Crippen LogP) is 1.31. The fourth-order valence-corrected chi connectivity index (χ4v) is 2.65. The zero-order valence-corrected chi connectivity index (χ0v) is 13.6. The summed E-state index contributed by atoms with van der Waals surface area (Å²) in [5.41, 5.74) is 1.81. The molecule has 1 heterocycles. The fourth-order valence-electron chi connectivity index (χ4n) is 2.65. The molecule has 1 aliphatic heterocycles. The Kier molecular flexibility index (Phi) is 4.56. The van der Waals surface area contributed by atoms with E-state index in [0.29, 0.717) is 12.1 Å². The molecule has 0 bridgehead atoms. The number of amides is 2. The van der Waals surface area contributed by atoms with Crippen LogP contribution in [0, 0.1) is 0 Å². The van der Waals surface area contributed by atoms with Crippen LogP contribution in [0.4, 0.5) is 0 Å². The van der Waals surface area contributed by atoms with Gasteiger partial charge in [-0.15, -0.1) is 0 Å². The number of aliphatic hydroxyl groups is 1. The van der Waals surface area contributed by atoms with E-state index in [0.717, 1.165) is 0 Å². The Labute approximate surface area is 131 Å². The third-order valence-electron chi connectivity index (χ3n) is 3.96. The SMILES string of the molecule is CC(=O)N[C@@H]1CN(C(=O)c2ccc(C(C)(C)C)cc2)C[C@H]1O. The van der Waals surface area contributed by atoms with Crippen LogP contribution in [-0.4, -0.2) is 47.1 Å². The van der Waals surface area contributed by atoms with Crippen LogP contribution in [0.15, 0.2) is 24.3 Å². The van der Waals surface area contributed by atoms with Crippen molar-refractivity contribution in [3.63, 3.8) is 0 Å². The Bertz CT molecular complexity index is 560. The normalized spacial score (nSPS) is 21.8. The third kappa shape index (κ3) is 3.65. The first-order valence-corrected chi connectivity index (χ1v) is 7.53. The van der Waals surface area contributed by atoms with Crippen LogP contribution in [0.1, 0.15) is 43.6 Å². The first kappa shape index (κ1) is 16.5. The molecule has 0 unspecified atom stereocenters. The average Bonchev–Trinajstić information content (AvgIpc) is 2.78. The minimum Gasteiger partial charge on any atom is -0.389 e. The van der Waals surface area contributed by atoms with Crippen LogP contribution in [0.3, 0.4) is 0 Å². The molecule has 1 aromatic rings. The zero-order valence-electron chi connectivity index (χ0n) is 13.6. The summed E-state index contributed by atoms with van der Waals surface area (Å²) in [5.74, 6) is -0.319. The lowest BCUT2D eigenvalue weighted by molar-refractivity contribution is -0.120. The van der Waals surface area contributed by atoms with Gasteiger partial charge in [-0.3, -0.25) is 9.59 Å². The van der Waals surface area contributed by atoms with Crippen molar-refractivity contribution in [3.05, 3.63) is 35.4 Å². The van der Waals surface area contributed by atoms with Gasteiger partial charge < -0.3 is 15.3 Å². The molecule has 2 amide bonds. The van der Waals surface area contributed by atoms with Gasteiger partial charge in [0, 0.05) is 25.6 Å². The molecule has 2 atom stereocenters. The maximum Gasteiger partial charge on any atom is 0.254 e. The molecule has 5 heteroatoms. The molecule has 0 saturated carbocycles. The molecule has 1 aromatic carbocycles. The highest BCUT2D eigenvalue weighted by Gasteiger charge is 2.34. The number of nitrogens with one attached hydrogen (secondary N) is 1. The molecule has 1 fully saturated rings. The highest BCUT2D eigenvalue weighted by atomic mass is 16.3. The summed E-state index contributed by atoms with van der Waals surface area (Å²) in [6.45, 7) is 8.35. The minimum absolute atomic E-state index is 0.0436. The highest BCUT2D eigenvalue weighted by molar-refractivity contribution is 5.94. The van der Waals surface area contributed by atoms with Crippen molar-refractivity contribution >= 4 is 11.8 Å². The molecule has 0 radical (unpaired) electrons. The fraction of sp³-hybridized carbons (Fsp3) is 0.529. The van der Waals surface area contributed by atoms with Crippen LogP contribution in [0.5, 0.6) is 0 Å². The molecular formula is C17H24N2O3. The van der Waals surface area contributed by atoms with Crippen LogP contribution >= 0.6 is 0 Å². The van der Waals surface area contributed by atoms with Crippen LogP contribution in [0.2, 0.25) is 0 Å². The Morgan fingerprint density at radius 3 is 2.27 bits per heavy atom. The van der Waals surface area contributed by atoms with Gasteiger partial charge in [0.1, 0.15) is 0 Å². The Morgan fingerprint density at radius 1 is 1.18 bits per heavy atom. The van der Waals surface area contributed by atoms with E-state index in [9.17, 15) is 14.7 Å². The lowest BCUT2D eigenvalue weighted by atomic mass is 9.86. The lowest BCUT2D eigenvalue weighted by Crippen LogP contribution is -2.41. The smallest absolute Gasteiger partial charge is 0.254 e. The van der Waals surface area contributed by atoms with Gasteiger partial charge in [0.25, 0.3) is 5.91 Å². The third-order valence-corrected chi connectivity index (χ3v) is 3.96. The number of hydrogen-bond donors (Lipinski definition) is 2. The van der Waals surface area contributed by atoms with E-state index in [-0.39, 0.29) is 23.8 Å². The predicted molar refractivity (Wildman–Crippen MR) is 84.7 cm³/mol. The largest absolute Gasteiger partial charge is 0.389 e. The monoisotopic (exact) mass is 304 g/mol. The van der Waals surface area contributed by atoms with Gasteiger partial charge in [0.2, 0.25) is 5.91 Å². The van der Waals surface area contributed by atoms with Crippen molar-refractivity contribution in [2.75, 3.05) is 13.1 Å². The quantitative estimate of drug-likeness (QED) is 0.865. The Balaban J connectivity index is 2.08. The summed E-state index contributed by atoms with van der Waals surface area (Å²) in [7, 11) is 0. The molecule has 0 aliphatic carbocycles. The first-order chi connectivity index (χ1) is 10.2. The summed E-state index contributed by atoms with van der Waals surface area (Å²) in [4.78, 5) is 25.2. The van der Waals surface area contributed by atoms with Crippen molar-refractivity contribution in [1.29, 1.82) is 0 Å². The van der Waals surface area contributed by atoms with Gasteiger partial charge in [-0.05, 0) is 23.1 Å². The van der Waals surface area contributed by atoms with Crippen LogP contribution < -0.4 is 5.32 Å². The van der Waals surface area contributed by atoms with Gasteiger partial charge in [0.15, 0.2) is 0 Å². The van der Waals surface area contributed by atoms with E-state index in [1.165, 1.54) is 12.5 Å². The van der Waals surface area contributed by atoms with E-state index in [4.69, 9.17) is 0 Å². The van der Waals surface area contributed by atoms with Gasteiger partial charge in [-0.2, -0.15) is 0 Å². The number of β-amino-alcohol motifs (C(OH)–C–C–N with tert-alkyl or cyclic N) is 1. The van der Waals surface area contributed by atoms with Crippen molar-refractivity contribution in [3.8, 4) is 0 Å². The molecule has 0 spiro atoms. The number of carbonyl (C=O) groups is 2. The molecule has 5 nitrogen and oxygen atoms in total. The second-order valence-electron chi connectivity index (χ2n) is 6.91. The van der Waals surface area contributed by atoms with Crippen molar-refractivity contribution in [2.24, 2.45) is 0 Å². The average molecular weight is 304 g/mol. The van der Waals surface area contributed by atoms with Crippen molar-refractivity contribution < 1.29 is 14.7 Å². The summed E-state index contributed by atoms with van der Waals surface area (Å²) in [5, 5.41) is 12.6. The van der Waals surface area contributed by atoms with Gasteiger partial charge in [-0.1, -0.05) is 32.9 Å². The highest BCUT2D eigenvalue weighted by Crippen LogP contribution is 2.23. The molecule has 2 N–H and O–H groups in total. The van der Waals surface area contributed by atoms with Crippen molar-refractivity contribution in [1.82, 2.24) is 10.2 Å². The van der Waals surface area contributed by atoms with Crippen LogP contribution in [-0.2, 0) is 10.2 Å². The second-order valence-corrected chi connectivity index (χ2v) is 6.91. The molecule has 22 heavy (non-hydrogen) atoms. The van der Waals surface area contributed by atoms with E-state index in [1.54, 1.807) is 4.90 Å². The number of nitrogens with zero attached hydrogens (tertiary/aromatic N) is 1. The summed E-state index contributed by atoms with van der Waals surface area (Å²) in [6.07, 6.45) is -0.721. The van der Waals surface area contributed by atoms with Gasteiger partial charge in [0.05, 0.1) is 12.1 Å². The van der Waals surface area contributed by atoms with Crippen molar-refractivity contribution in [2.45, 2.75) is 45.3 Å². The Hall–Kier alpha value is -1.88. The number of rotatable bonds is 2. The minimum atomic E-state index is -0.721. The molecule has 120 valence electrons. The zero-order chi connectivity index (χ0) is 16.5. The van der Waals surface area contributed by atoms with E-state index in [2.05, 4.69) is 26.1 Å². The topological polar surface area (TPSA) is 69.6 Å². The molecule has 1 aliphatic rings. The lowest BCUT2D eigenvalue weighted by Gasteiger charge is -2.20. The number of carbonyl (C=O) groups excluding carboxylic acids is 2. The molecule has 1 saturated heterocycles. The number of benzene rings is 1. The van der Waals surface area contributed by atoms with Gasteiger partial charge >= 0.3 is 0 Å². The van der Waals surface area contributed by atoms with E-state index < -0.39 is 12.1 Å². The summed E-state index contributed by atoms with van der Waals surface area (Å²) >= 11 is 0. The number of likely N-dealkylation sites (tertiary alicyclic amines) is 1. The molecule has 0 aromatic heterocycles. The second kappa shape index (κ2) is 6.08. The first-order valence-electron chi connectivity index (χ1n) is 7.53. The van der Waals surface area contributed by atoms with E-state index >= 15 is 0 Å². The maximum atomic E-state index is 12.5. The molecular weight excluding hydrogens is 280 g/mol. The number of hydrogen-bond acceptors (Lipinski definition) is 3. The summed E-state index contributed by atoms with van der Waals surface area (Å²) in [6, 6.07) is 7.17. The summed E-state index contributed by atoms with van der Waals surface area (Å²) < 4.78 is 0. The number of aliphatic hydroxyl groups excluding tert-OH is 1. The van der Waals surface area contributed by atoms with Gasteiger partial charge in [-0.25, -0.2) is 0 Å². The standard InChI is InChI=1S/C17H24N2O3/c1-11(20)18-14-9-19(10-15(14)21)16(22)12-5-7-13(8-6-12)17(2,3)4/h5-8,14-15,21H,9-10H2,1-4H3,(H,18,20)/t14-,15-/m1/s1. The Morgan fingerprint density at radius 2 is 1.77 bits per heavy atom. The van der Waals surface area contributed by atoms with E-state index in [1.807, 2.05) is 24.3 Å².